The zero-order valence-corrected chi connectivity index (χ0v) is 14.3. The molecule has 1 fully saturated rings. The van der Waals surface area contributed by atoms with Gasteiger partial charge in [-0.25, -0.2) is 0 Å². The molecule has 0 aromatic heterocycles. The molecule has 2 rings (SSSR count). The van der Waals surface area contributed by atoms with Crippen LogP contribution in [-0.4, -0.2) is 17.0 Å². The number of allylic oxidation sites excluding steroid dienone is 4. The van der Waals surface area contributed by atoms with E-state index in [0.29, 0.717) is 5.92 Å². The highest BCUT2D eigenvalue weighted by Gasteiger charge is 2.50. The van der Waals surface area contributed by atoms with E-state index in [0.717, 1.165) is 49.7 Å². The minimum atomic E-state index is -0.376. The molecule has 4 atom stereocenters. The summed E-state index contributed by atoms with van der Waals surface area (Å²) in [6.07, 6.45) is 11.2. The normalized spacial score (nSPS) is 35.0. The smallest absolute Gasteiger partial charge is 0.181 e. The van der Waals surface area contributed by atoms with E-state index in [-0.39, 0.29) is 23.2 Å². The number of carbonyl (C=O) groups excluding carboxylic acids is 1. The van der Waals surface area contributed by atoms with Gasteiger partial charge in [0.1, 0.15) is 0 Å². The van der Waals surface area contributed by atoms with Gasteiger partial charge in [0, 0.05) is 5.41 Å². The summed E-state index contributed by atoms with van der Waals surface area (Å²) in [7, 11) is 0. The average Bonchev–Trinajstić information content (AvgIpc) is 2.47. The van der Waals surface area contributed by atoms with Crippen molar-refractivity contribution >= 4 is 5.78 Å². The van der Waals surface area contributed by atoms with E-state index in [1.165, 1.54) is 0 Å². The number of aliphatic hydroxyl groups is 1. The van der Waals surface area contributed by atoms with Crippen LogP contribution in [0.25, 0.3) is 0 Å². The van der Waals surface area contributed by atoms with Gasteiger partial charge in [0.05, 0.1) is 6.10 Å². The van der Waals surface area contributed by atoms with Gasteiger partial charge >= 0.3 is 0 Å². The lowest BCUT2D eigenvalue weighted by atomic mass is 9.55. The first-order valence-corrected chi connectivity index (χ1v) is 8.73. The molecule has 22 heavy (non-hydrogen) atoms. The highest BCUT2D eigenvalue weighted by Crippen LogP contribution is 2.54. The van der Waals surface area contributed by atoms with Crippen molar-refractivity contribution in [3.8, 4) is 0 Å². The summed E-state index contributed by atoms with van der Waals surface area (Å²) < 4.78 is 0. The second-order valence-corrected chi connectivity index (χ2v) is 7.08. The van der Waals surface area contributed by atoms with Crippen molar-refractivity contribution in [3.05, 3.63) is 36.0 Å². The molecule has 0 aromatic rings. The first-order valence-electron chi connectivity index (χ1n) is 8.73. The lowest BCUT2D eigenvalue weighted by Crippen LogP contribution is -2.48. The quantitative estimate of drug-likeness (QED) is 0.595. The molecule has 0 bridgehead atoms. The SMILES string of the molecule is C=CC[C@@]12C(=CC(=O)/C(=C/C(C)CCC)[C@@H]1C)CCC[C@@H]2O. The third-order valence-corrected chi connectivity index (χ3v) is 5.64. The predicted molar refractivity (Wildman–Crippen MR) is 91.5 cm³/mol. The van der Waals surface area contributed by atoms with Crippen LogP contribution < -0.4 is 0 Å². The molecule has 2 aliphatic rings. The highest BCUT2D eigenvalue weighted by molar-refractivity contribution is 6.06. The van der Waals surface area contributed by atoms with Gasteiger partial charge in [-0.15, -0.1) is 6.58 Å². The van der Waals surface area contributed by atoms with E-state index in [1.54, 1.807) is 0 Å². The van der Waals surface area contributed by atoms with Gasteiger partial charge in [0.2, 0.25) is 0 Å². The maximum absolute atomic E-state index is 12.6. The molecule has 0 aromatic carbocycles. The lowest BCUT2D eigenvalue weighted by molar-refractivity contribution is -0.114. The fraction of sp³-hybridized carbons (Fsp3) is 0.650. The van der Waals surface area contributed by atoms with Gasteiger partial charge in [0.25, 0.3) is 0 Å². The third-order valence-electron chi connectivity index (χ3n) is 5.64. The molecule has 2 aliphatic carbocycles. The van der Waals surface area contributed by atoms with Crippen molar-refractivity contribution in [2.24, 2.45) is 17.3 Å². The number of rotatable bonds is 5. The van der Waals surface area contributed by atoms with Crippen LogP contribution in [0.4, 0.5) is 0 Å². The Balaban J connectivity index is 2.47. The van der Waals surface area contributed by atoms with E-state index in [9.17, 15) is 9.90 Å². The van der Waals surface area contributed by atoms with E-state index in [2.05, 4.69) is 33.4 Å². The summed E-state index contributed by atoms with van der Waals surface area (Å²) in [5, 5.41) is 10.8. The Kier molecular flexibility index (Phi) is 5.44. The summed E-state index contributed by atoms with van der Waals surface area (Å²) in [5.74, 6) is 0.620. The molecule has 2 heteroatoms. The Hall–Kier alpha value is -1.15. The Morgan fingerprint density at radius 3 is 2.91 bits per heavy atom. The van der Waals surface area contributed by atoms with Gasteiger partial charge in [-0.2, -0.15) is 0 Å². The minimum absolute atomic E-state index is 0.0626. The summed E-state index contributed by atoms with van der Waals surface area (Å²) >= 11 is 0. The van der Waals surface area contributed by atoms with Crippen molar-refractivity contribution in [2.45, 2.75) is 65.4 Å². The molecule has 0 heterocycles. The predicted octanol–water partition coefficient (Wildman–Crippen LogP) is 4.60. The second kappa shape index (κ2) is 6.95. The standard InChI is InChI=1S/C20H30O2/c1-5-8-14(3)12-17-15(4)20(11-6-2)16(13-18(17)21)9-7-10-19(20)22/h6,12-15,19,22H,2,5,7-11H2,1,3-4H3/b17-12+/t14?,15-,19-,20-/m0/s1. The summed E-state index contributed by atoms with van der Waals surface area (Å²) in [5.41, 5.74) is 1.72. The number of aliphatic hydroxyl groups excluding tert-OH is 1. The fourth-order valence-electron chi connectivity index (χ4n) is 4.45. The van der Waals surface area contributed by atoms with Crippen molar-refractivity contribution in [3.63, 3.8) is 0 Å². The molecule has 0 aliphatic heterocycles. The molecule has 1 saturated carbocycles. The van der Waals surface area contributed by atoms with Crippen LogP contribution in [0, 0.1) is 17.3 Å². The van der Waals surface area contributed by atoms with Gasteiger partial charge in [-0.3, -0.25) is 4.79 Å². The molecule has 1 N–H and O–H groups in total. The summed E-state index contributed by atoms with van der Waals surface area (Å²) in [6.45, 7) is 10.4. The largest absolute Gasteiger partial charge is 0.392 e. The topological polar surface area (TPSA) is 37.3 Å². The Morgan fingerprint density at radius 1 is 1.55 bits per heavy atom. The molecular formula is C20H30O2. The molecule has 122 valence electrons. The first-order chi connectivity index (χ1) is 10.5. The van der Waals surface area contributed by atoms with E-state index < -0.39 is 0 Å². The number of ketones is 1. The minimum Gasteiger partial charge on any atom is -0.392 e. The monoisotopic (exact) mass is 302 g/mol. The van der Waals surface area contributed by atoms with Gasteiger partial charge in [0.15, 0.2) is 5.78 Å². The van der Waals surface area contributed by atoms with Crippen LogP contribution in [0.1, 0.15) is 59.3 Å². The van der Waals surface area contributed by atoms with Gasteiger partial charge < -0.3 is 5.11 Å². The number of carbonyl (C=O) groups is 1. The molecular weight excluding hydrogens is 272 g/mol. The molecule has 0 saturated heterocycles. The number of hydrogen-bond acceptors (Lipinski definition) is 2. The van der Waals surface area contributed by atoms with Crippen molar-refractivity contribution in [2.75, 3.05) is 0 Å². The van der Waals surface area contributed by atoms with Crippen LogP contribution in [-0.2, 0) is 4.79 Å². The van der Waals surface area contributed by atoms with Crippen LogP contribution in [0.2, 0.25) is 0 Å². The maximum atomic E-state index is 12.6. The van der Waals surface area contributed by atoms with Crippen molar-refractivity contribution in [1.29, 1.82) is 0 Å². The van der Waals surface area contributed by atoms with Crippen LogP contribution >= 0.6 is 0 Å². The molecule has 0 amide bonds. The molecule has 0 radical (unpaired) electrons. The summed E-state index contributed by atoms with van der Waals surface area (Å²) in [6, 6.07) is 0. The van der Waals surface area contributed by atoms with Crippen molar-refractivity contribution in [1.82, 2.24) is 0 Å². The second-order valence-electron chi connectivity index (χ2n) is 7.08. The third kappa shape index (κ3) is 2.86. The zero-order valence-electron chi connectivity index (χ0n) is 14.3. The van der Waals surface area contributed by atoms with Crippen molar-refractivity contribution < 1.29 is 9.90 Å². The Morgan fingerprint density at radius 2 is 2.27 bits per heavy atom. The average molecular weight is 302 g/mol. The fourth-order valence-corrected chi connectivity index (χ4v) is 4.45. The van der Waals surface area contributed by atoms with E-state index in [1.807, 2.05) is 12.2 Å². The molecule has 2 nitrogen and oxygen atoms in total. The summed E-state index contributed by atoms with van der Waals surface area (Å²) in [4.78, 5) is 12.6. The lowest BCUT2D eigenvalue weighted by Gasteiger charge is -2.50. The Bertz CT molecular complexity index is 500. The Labute approximate surface area is 135 Å². The van der Waals surface area contributed by atoms with Crippen LogP contribution in [0.5, 0.6) is 0 Å². The van der Waals surface area contributed by atoms with Gasteiger partial charge in [-0.1, -0.05) is 44.9 Å². The highest BCUT2D eigenvalue weighted by atomic mass is 16.3. The van der Waals surface area contributed by atoms with Gasteiger partial charge in [-0.05, 0) is 55.6 Å². The number of hydrogen-bond donors (Lipinski definition) is 1. The maximum Gasteiger partial charge on any atom is 0.181 e. The number of fused-ring (bicyclic) bond motifs is 1. The van der Waals surface area contributed by atoms with E-state index in [4.69, 9.17) is 0 Å². The zero-order chi connectivity index (χ0) is 16.3. The van der Waals surface area contributed by atoms with Crippen LogP contribution in [0.15, 0.2) is 36.0 Å². The molecule has 1 unspecified atom stereocenters. The van der Waals surface area contributed by atoms with E-state index >= 15 is 0 Å². The van der Waals surface area contributed by atoms with Crippen LogP contribution in [0.3, 0.4) is 0 Å². The molecule has 0 spiro atoms. The first kappa shape index (κ1) is 17.2.